The minimum atomic E-state index is 0.539. The van der Waals surface area contributed by atoms with Crippen molar-refractivity contribution in [3.63, 3.8) is 0 Å². The van der Waals surface area contributed by atoms with E-state index >= 15 is 0 Å². The fourth-order valence-corrected chi connectivity index (χ4v) is 2.42. The summed E-state index contributed by atoms with van der Waals surface area (Å²) in [4.78, 5) is 6.63. The Morgan fingerprint density at radius 1 is 1.50 bits per heavy atom. The lowest BCUT2D eigenvalue weighted by molar-refractivity contribution is 0.403. The Kier molecular flexibility index (Phi) is 4.16. The zero-order chi connectivity index (χ0) is 13.0. The van der Waals surface area contributed by atoms with Crippen molar-refractivity contribution >= 4 is 5.82 Å². The van der Waals surface area contributed by atoms with Crippen LogP contribution in [-0.2, 0) is 0 Å². The SMILES string of the molecule is Cc1cc(C#N)cc(N(C)CC2CCCCN2)n1. The largest absolute Gasteiger partial charge is 0.358 e. The van der Waals surface area contributed by atoms with Crippen LogP contribution in [-0.4, -0.2) is 31.2 Å². The van der Waals surface area contributed by atoms with Gasteiger partial charge in [0, 0.05) is 25.3 Å². The molecule has 1 atom stereocenters. The molecule has 0 aliphatic carbocycles. The van der Waals surface area contributed by atoms with Crippen LogP contribution in [0.4, 0.5) is 5.82 Å². The molecule has 0 radical (unpaired) electrons. The summed E-state index contributed by atoms with van der Waals surface area (Å²) in [5, 5.41) is 12.5. The Morgan fingerprint density at radius 3 is 3.00 bits per heavy atom. The molecule has 1 aromatic rings. The van der Waals surface area contributed by atoms with E-state index in [0.717, 1.165) is 24.6 Å². The number of hydrogen-bond donors (Lipinski definition) is 1. The van der Waals surface area contributed by atoms with Gasteiger partial charge in [-0.25, -0.2) is 4.98 Å². The van der Waals surface area contributed by atoms with Crippen LogP contribution in [0.3, 0.4) is 0 Å². The van der Waals surface area contributed by atoms with Crippen LogP contribution in [0.1, 0.15) is 30.5 Å². The molecule has 1 fully saturated rings. The van der Waals surface area contributed by atoms with Crippen LogP contribution >= 0.6 is 0 Å². The Bertz CT molecular complexity index is 444. The summed E-state index contributed by atoms with van der Waals surface area (Å²) in [7, 11) is 2.04. The lowest BCUT2D eigenvalue weighted by Crippen LogP contribution is -2.42. The van der Waals surface area contributed by atoms with Crippen LogP contribution in [0.2, 0.25) is 0 Å². The highest BCUT2D eigenvalue weighted by atomic mass is 15.2. The number of piperidine rings is 1. The molecule has 0 saturated carbocycles. The maximum atomic E-state index is 8.98. The van der Waals surface area contributed by atoms with Crippen molar-refractivity contribution in [2.75, 3.05) is 25.0 Å². The summed E-state index contributed by atoms with van der Waals surface area (Å²) in [6.07, 6.45) is 3.80. The van der Waals surface area contributed by atoms with Gasteiger partial charge < -0.3 is 10.2 Å². The Hall–Kier alpha value is -1.60. The standard InChI is InChI=1S/C14H20N4/c1-11-7-12(9-15)8-14(17-11)18(2)10-13-5-3-4-6-16-13/h7-8,13,16H,3-6,10H2,1-2H3. The van der Waals surface area contributed by atoms with Gasteiger partial charge in [-0.15, -0.1) is 0 Å². The Balaban J connectivity index is 2.05. The van der Waals surface area contributed by atoms with Crippen molar-refractivity contribution in [1.29, 1.82) is 5.26 Å². The topological polar surface area (TPSA) is 52.0 Å². The first-order valence-corrected chi connectivity index (χ1v) is 6.52. The summed E-state index contributed by atoms with van der Waals surface area (Å²) in [5.74, 6) is 0.888. The second-order valence-electron chi connectivity index (χ2n) is 4.99. The van der Waals surface area contributed by atoms with E-state index in [1.54, 1.807) is 0 Å². The van der Waals surface area contributed by atoms with Gasteiger partial charge >= 0.3 is 0 Å². The number of hydrogen-bond acceptors (Lipinski definition) is 4. The van der Waals surface area contributed by atoms with Gasteiger partial charge in [0.05, 0.1) is 11.6 Å². The number of aryl methyl sites for hydroxylation is 1. The molecule has 1 aromatic heterocycles. The summed E-state index contributed by atoms with van der Waals surface area (Å²) in [6.45, 7) is 3.99. The maximum Gasteiger partial charge on any atom is 0.129 e. The van der Waals surface area contributed by atoms with E-state index in [1.165, 1.54) is 19.3 Å². The molecule has 18 heavy (non-hydrogen) atoms. The lowest BCUT2D eigenvalue weighted by atomic mass is 10.0. The van der Waals surface area contributed by atoms with Crippen molar-refractivity contribution in [3.05, 3.63) is 23.4 Å². The minimum Gasteiger partial charge on any atom is -0.358 e. The molecule has 4 heteroatoms. The molecule has 0 amide bonds. The monoisotopic (exact) mass is 244 g/mol. The molecule has 1 N–H and O–H groups in total. The van der Waals surface area contributed by atoms with Crippen LogP contribution in [0.15, 0.2) is 12.1 Å². The van der Waals surface area contributed by atoms with Gasteiger partial charge in [0.1, 0.15) is 5.82 Å². The number of anilines is 1. The van der Waals surface area contributed by atoms with E-state index in [2.05, 4.69) is 21.3 Å². The van der Waals surface area contributed by atoms with E-state index < -0.39 is 0 Å². The smallest absolute Gasteiger partial charge is 0.129 e. The van der Waals surface area contributed by atoms with E-state index in [4.69, 9.17) is 5.26 Å². The van der Waals surface area contributed by atoms with Gasteiger partial charge in [0.15, 0.2) is 0 Å². The fraction of sp³-hybridized carbons (Fsp3) is 0.571. The number of nitriles is 1. The molecule has 4 nitrogen and oxygen atoms in total. The molecular weight excluding hydrogens is 224 g/mol. The molecule has 2 rings (SSSR count). The van der Waals surface area contributed by atoms with E-state index in [0.29, 0.717) is 11.6 Å². The van der Waals surface area contributed by atoms with Gasteiger partial charge in [-0.3, -0.25) is 0 Å². The van der Waals surface area contributed by atoms with Crippen LogP contribution in [0.5, 0.6) is 0 Å². The highest BCUT2D eigenvalue weighted by molar-refractivity contribution is 5.46. The summed E-state index contributed by atoms with van der Waals surface area (Å²) >= 11 is 0. The first-order chi connectivity index (χ1) is 8.69. The fourth-order valence-electron chi connectivity index (χ4n) is 2.42. The third kappa shape index (κ3) is 3.21. The zero-order valence-corrected chi connectivity index (χ0v) is 11.1. The quantitative estimate of drug-likeness (QED) is 0.881. The second kappa shape index (κ2) is 5.83. The summed E-state index contributed by atoms with van der Waals surface area (Å²) in [5.41, 5.74) is 1.58. The predicted octanol–water partition coefficient (Wildman–Crippen LogP) is 1.84. The molecule has 0 aromatic carbocycles. The van der Waals surface area contributed by atoms with Gasteiger partial charge in [-0.1, -0.05) is 6.42 Å². The number of nitrogens with zero attached hydrogens (tertiary/aromatic N) is 3. The van der Waals surface area contributed by atoms with Crippen molar-refractivity contribution in [2.24, 2.45) is 0 Å². The third-order valence-electron chi connectivity index (χ3n) is 3.37. The number of nitrogens with one attached hydrogen (secondary N) is 1. The first kappa shape index (κ1) is 12.8. The number of pyridine rings is 1. The third-order valence-corrected chi connectivity index (χ3v) is 3.37. The summed E-state index contributed by atoms with van der Waals surface area (Å²) in [6, 6.07) is 6.40. The number of rotatable bonds is 3. The minimum absolute atomic E-state index is 0.539. The normalized spacial score (nSPS) is 19.3. The van der Waals surface area contributed by atoms with Crippen LogP contribution in [0, 0.1) is 18.3 Å². The molecule has 1 saturated heterocycles. The average Bonchev–Trinajstić information content (AvgIpc) is 2.39. The molecule has 1 aliphatic heterocycles. The van der Waals surface area contributed by atoms with Crippen LogP contribution in [0.25, 0.3) is 0 Å². The maximum absolute atomic E-state index is 8.98. The number of likely N-dealkylation sites (N-methyl/N-ethyl adjacent to an activating group) is 1. The van der Waals surface area contributed by atoms with Crippen molar-refractivity contribution < 1.29 is 0 Å². The van der Waals surface area contributed by atoms with Gasteiger partial charge in [-0.2, -0.15) is 5.26 Å². The molecule has 96 valence electrons. The first-order valence-electron chi connectivity index (χ1n) is 6.52. The molecule has 1 unspecified atom stereocenters. The second-order valence-corrected chi connectivity index (χ2v) is 4.99. The highest BCUT2D eigenvalue weighted by Crippen LogP contribution is 2.15. The zero-order valence-electron chi connectivity index (χ0n) is 11.1. The van der Waals surface area contributed by atoms with Crippen molar-refractivity contribution in [1.82, 2.24) is 10.3 Å². The molecule has 0 spiro atoms. The Morgan fingerprint density at radius 2 is 2.33 bits per heavy atom. The van der Waals surface area contributed by atoms with E-state index in [9.17, 15) is 0 Å². The predicted molar refractivity (Wildman–Crippen MR) is 72.6 cm³/mol. The molecule has 0 bridgehead atoms. The Labute approximate surface area is 109 Å². The van der Waals surface area contributed by atoms with E-state index in [-0.39, 0.29) is 0 Å². The van der Waals surface area contributed by atoms with Gasteiger partial charge in [0.25, 0.3) is 0 Å². The number of aromatic nitrogens is 1. The van der Waals surface area contributed by atoms with Gasteiger partial charge in [-0.05, 0) is 38.4 Å². The molecular formula is C14H20N4. The average molecular weight is 244 g/mol. The molecule has 1 aliphatic rings. The molecule has 2 heterocycles. The van der Waals surface area contributed by atoms with Crippen molar-refractivity contribution in [3.8, 4) is 6.07 Å². The van der Waals surface area contributed by atoms with Gasteiger partial charge in [0.2, 0.25) is 0 Å². The lowest BCUT2D eigenvalue weighted by Gasteiger charge is -2.29. The van der Waals surface area contributed by atoms with Crippen molar-refractivity contribution in [2.45, 2.75) is 32.2 Å². The van der Waals surface area contributed by atoms with E-state index in [1.807, 2.05) is 26.1 Å². The van der Waals surface area contributed by atoms with Crippen LogP contribution < -0.4 is 10.2 Å². The highest BCUT2D eigenvalue weighted by Gasteiger charge is 2.15. The summed E-state index contributed by atoms with van der Waals surface area (Å²) < 4.78 is 0.